The number of carbonyl (C=O) groups is 2. The van der Waals surface area contributed by atoms with Crippen LogP contribution in [0.5, 0.6) is 11.5 Å². The summed E-state index contributed by atoms with van der Waals surface area (Å²) >= 11 is 0. The number of amides is 2. The fourth-order valence-corrected chi connectivity index (χ4v) is 2.54. The van der Waals surface area contributed by atoms with Crippen molar-refractivity contribution in [3.8, 4) is 11.5 Å². The maximum Gasteiger partial charge on any atom is 0.336 e. The molecule has 0 atom stereocenters. The molecule has 0 fully saturated rings. The van der Waals surface area contributed by atoms with Crippen molar-refractivity contribution in [3.63, 3.8) is 0 Å². The molecule has 0 saturated heterocycles. The van der Waals surface area contributed by atoms with Gasteiger partial charge in [-0.15, -0.1) is 0 Å². The molecule has 0 radical (unpaired) electrons. The summed E-state index contributed by atoms with van der Waals surface area (Å²) in [6.45, 7) is 3.18. The topological polar surface area (TPSA) is 107 Å². The fourth-order valence-electron chi connectivity index (χ4n) is 2.54. The molecule has 0 spiro atoms. The van der Waals surface area contributed by atoms with E-state index in [0.29, 0.717) is 17.1 Å². The summed E-state index contributed by atoms with van der Waals surface area (Å²) in [5.74, 6) is -0.157. The molecule has 0 aliphatic heterocycles. The first-order valence-electron chi connectivity index (χ1n) is 8.85. The van der Waals surface area contributed by atoms with Crippen molar-refractivity contribution in [2.75, 3.05) is 13.2 Å². The number of rotatable bonds is 6. The maximum atomic E-state index is 11.8. The second-order valence-electron chi connectivity index (χ2n) is 6.39. The minimum Gasteiger partial charge on any atom is -0.484 e. The molecule has 2 amide bonds. The van der Waals surface area contributed by atoms with Crippen molar-refractivity contribution >= 4 is 22.8 Å². The molecule has 8 heteroatoms. The smallest absolute Gasteiger partial charge is 0.336 e. The van der Waals surface area contributed by atoms with Crippen LogP contribution in [0.25, 0.3) is 11.0 Å². The van der Waals surface area contributed by atoms with Crippen LogP contribution in [0.4, 0.5) is 0 Å². The number of ether oxygens (including phenoxy) is 2. The molecular weight excluding hydrogens is 376 g/mol. The van der Waals surface area contributed by atoms with Crippen molar-refractivity contribution < 1.29 is 23.5 Å². The zero-order valence-corrected chi connectivity index (χ0v) is 16.0. The molecule has 0 aliphatic carbocycles. The average Bonchev–Trinajstić information content (AvgIpc) is 2.69. The van der Waals surface area contributed by atoms with Gasteiger partial charge in [0.15, 0.2) is 13.2 Å². The second-order valence-corrected chi connectivity index (χ2v) is 6.39. The second kappa shape index (κ2) is 8.92. The van der Waals surface area contributed by atoms with E-state index in [2.05, 4.69) is 10.9 Å². The lowest BCUT2D eigenvalue weighted by atomic mass is 10.1. The van der Waals surface area contributed by atoms with Gasteiger partial charge in [-0.2, -0.15) is 0 Å². The molecule has 8 nitrogen and oxygen atoms in total. The van der Waals surface area contributed by atoms with E-state index in [1.54, 1.807) is 31.2 Å². The minimum atomic E-state index is -0.556. The summed E-state index contributed by atoms with van der Waals surface area (Å²) in [6.07, 6.45) is 0. The van der Waals surface area contributed by atoms with Crippen LogP contribution in [0.2, 0.25) is 0 Å². The van der Waals surface area contributed by atoms with Crippen molar-refractivity contribution in [1.29, 1.82) is 0 Å². The van der Waals surface area contributed by atoms with Crippen LogP contribution < -0.4 is 26.0 Å². The normalized spacial score (nSPS) is 10.4. The summed E-state index contributed by atoms with van der Waals surface area (Å²) in [7, 11) is 0. The van der Waals surface area contributed by atoms with E-state index in [4.69, 9.17) is 13.9 Å². The lowest BCUT2D eigenvalue weighted by Gasteiger charge is -2.10. The highest BCUT2D eigenvalue weighted by molar-refractivity contribution is 5.84. The van der Waals surface area contributed by atoms with Crippen LogP contribution in [0, 0.1) is 13.8 Å². The highest BCUT2D eigenvalue weighted by atomic mass is 16.5. The number of nitrogens with one attached hydrogen (secondary N) is 2. The Morgan fingerprint density at radius 1 is 0.862 bits per heavy atom. The Morgan fingerprint density at radius 3 is 2.10 bits per heavy atom. The van der Waals surface area contributed by atoms with Gasteiger partial charge in [0.05, 0.1) is 0 Å². The summed E-state index contributed by atoms with van der Waals surface area (Å²) in [6, 6.07) is 13.6. The molecule has 0 aliphatic rings. The summed E-state index contributed by atoms with van der Waals surface area (Å²) in [5.41, 5.74) is 6.26. The number of benzene rings is 2. The SMILES string of the molecule is Cc1ccc(OCC(=O)NNC(=O)COc2ccc3c(C)cc(=O)oc3c2)cc1. The Kier molecular flexibility index (Phi) is 6.13. The van der Waals surface area contributed by atoms with E-state index in [1.165, 1.54) is 12.1 Å². The highest BCUT2D eigenvalue weighted by Crippen LogP contribution is 2.22. The fraction of sp³-hybridized carbons (Fsp3) is 0.190. The Labute approximate surface area is 166 Å². The van der Waals surface area contributed by atoms with Crippen LogP contribution in [0.1, 0.15) is 11.1 Å². The first kappa shape index (κ1) is 19.9. The third-order valence-corrected chi connectivity index (χ3v) is 4.03. The van der Waals surface area contributed by atoms with Gasteiger partial charge in [-0.3, -0.25) is 20.4 Å². The van der Waals surface area contributed by atoms with Crippen LogP contribution in [-0.2, 0) is 9.59 Å². The number of aryl methyl sites for hydroxylation is 2. The van der Waals surface area contributed by atoms with Gasteiger partial charge in [0, 0.05) is 17.5 Å². The summed E-state index contributed by atoms with van der Waals surface area (Å²) in [5, 5.41) is 0.780. The first-order valence-corrected chi connectivity index (χ1v) is 8.85. The van der Waals surface area contributed by atoms with E-state index in [0.717, 1.165) is 16.5 Å². The van der Waals surface area contributed by atoms with Gasteiger partial charge < -0.3 is 13.9 Å². The van der Waals surface area contributed by atoms with Crippen molar-refractivity contribution in [3.05, 3.63) is 70.1 Å². The van der Waals surface area contributed by atoms with E-state index in [1.807, 2.05) is 19.1 Å². The van der Waals surface area contributed by atoms with E-state index >= 15 is 0 Å². The zero-order chi connectivity index (χ0) is 20.8. The maximum absolute atomic E-state index is 11.8. The minimum absolute atomic E-state index is 0.243. The van der Waals surface area contributed by atoms with Gasteiger partial charge in [-0.1, -0.05) is 17.7 Å². The number of hydrogen-bond donors (Lipinski definition) is 2. The van der Waals surface area contributed by atoms with Gasteiger partial charge in [-0.25, -0.2) is 4.79 Å². The first-order chi connectivity index (χ1) is 13.9. The lowest BCUT2D eigenvalue weighted by Crippen LogP contribution is -2.45. The largest absolute Gasteiger partial charge is 0.484 e. The van der Waals surface area contributed by atoms with Gasteiger partial charge in [0.2, 0.25) is 0 Å². The van der Waals surface area contributed by atoms with Crippen molar-refractivity contribution in [2.24, 2.45) is 0 Å². The van der Waals surface area contributed by atoms with Crippen LogP contribution in [0.15, 0.2) is 57.7 Å². The lowest BCUT2D eigenvalue weighted by molar-refractivity contribution is -0.131. The van der Waals surface area contributed by atoms with E-state index < -0.39 is 17.4 Å². The molecule has 3 rings (SSSR count). The quantitative estimate of drug-likeness (QED) is 0.488. The number of hydrazine groups is 1. The highest BCUT2D eigenvalue weighted by Gasteiger charge is 2.08. The van der Waals surface area contributed by atoms with Gasteiger partial charge in [-0.05, 0) is 43.7 Å². The third kappa shape index (κ3) is 5.58. The molecule has 29 heavy (non-hydrogen) atoms. The molecule has 3 aromatic rings. The van der Waals surface area contributed by atoms with E-state index in [9.17, 15) is 14.4 Å². The Balaban J connectivity index is 1.44. The predicted molar refractivity (Wildman–Crippen MR) is 106 cm³/mol. The van der Waals surface area contributed by atoms with Crippen molar-refractivity contribution in [1.82, 2.24) is 10.9 Å². The molecule has 2 aromatic carbocycles. The molecule has 1 heterocycles. The van der Waals surface area contributed by atoms with Crippen LogP contribution in [-0.4, -0.2) is 25.0 Å². The Morgan fingerprint density at radius 2 is 1.45 bits per heavy atom. The standard InChI is InChI=1S/C21H20N2O6/c1-13-3-5-15(6-4-13)27-11-19(24)22-23-20(25)12-28-16-7-8-17-14(2)9-21(26)29-18(17)10-16/h3-10H,11-12H2,1-2H3,(H,22,24)(H,23,25). The third-order valence-electron chi connectivity index (χ3n) is 4.03. The molecular formula is C21H20N2O6. The Hall–Kier alpha value is -3.81. The molecule has 1 aromatic heterocycles. The molecule has 0 unspecified atom stereocenters. The van der Waals surface area contributed by atoms with E-state index in [-0.39, 0.29) is 13.2 Å². The molecule has 0 bridgehead atoms. The summed E-state index contributed by atoms with van der Waals surface area (Å²) < 4.78 is 15.8. The van der Waals surface area contributed by atoms with Gasteiger partial charge in [0.25, 0.3) is 11.8 Å². The monoisotopic (exact) mass is 396 g/mol. The number of fused-ring (bicyclic) bond motifs is 1. The molecule has 2 N–H and O–H groups in total. The van der Waals surface area contributed by atoms with Crippen LogP contribution >= 0.6 is 0 Å². The predicted octanol–water partition coefficient (Wildman–Crippen LogP) is 2.02. The zero-order valence-electron chi connectivity index (χ0n) is 16.0. The van der Waals surface area contributed by atoms with Gasteiger partial charge >= 0.3 is 5.63 Å². The Bertz CT molecular complexity index is 1090. The molecule has 150 valence electrons. The average molecular weight is 396 g/mol. The van der Waals surface area contributed by atoms with Crippen LogP contribution in [0.3, 0.4) is 0 Å². The number of hydrogen-bond acceptors (Lipinski definition) is 6. The van der Waals surface area contributed by atoms with Gasteiger partial charge in [0.1, 0.15) is 17.1 Å². The summed E-state index contributed by atoms with van der Waals surface area (Å²) in [4.78, 5) is 35.0. The molecule has 0 saturated carbocycles. The number of carbonyl (C=O) groups excluding carboxylic acids is 2. The van der Waals surface area contributed by atoms with Crippen molar-refractivity contribution in [2.45, 2.75) is 13.8 Å².